The van der Waals surface area contributed by atoms with E-state index in [0.29, 0.717) is 25.1 Å². The minimum atomic E-state index is -1.17. The van der Waals surface area contributed by atoms with Gasteiger partial charge in [-0.05, 0) is 55.7 Å². The molecule has 45 heavy (non-hydrogen) atoms. The summed E-state index contributed by atoms with van der Waals surface area (Å²) in [6, 6.07) is 4.93. The number of carbonyl (C=O) groups is 6. The number of hydrogen-bond donors (Lipinski definition) is 8. The Hall–Kier alpha value is -3.69. The van der Waals surface area contributed by atoms with Gasteiger partial charge in [-0.1, -0.05) is 50.6 Å². The molecule has 0 aromatic heterocycles. The fraction of sp³-hybridized carbons (Fsp3) is 0.600. The maximum atomic E-state index is 13.1. The number of aliphatic carboxylic acids is 1. The van der Waals surface area contributed by atoms with Gasteiger partial charge in [0.05, 0.1) is 19.1 Å². The quantitative estimate of drug-likeness (QED) is 0.0731. The predicted octanol–water partition coefficient (Wildman–Crippen LogP) is -0.744. The number of hydrogen-bond acceptors (Lipinski definition) is 9. The van der Waals surface area contributed by atoms with E-state index in [9.17, 15) is 33.9 Å². The lowest BCUT2D eigenvalue weighted by Crippen LogP contribution is -2.55. The second-order valence-corrected chi connectivity index (χ2v) is 12.1. The molecule has 14 nitrogen and oxygen atoms in total. The molecule has 0 radical (unpaired) electrons. The summed E-state index contributed by atoms with van der Waals surface area (Å²) in [4.78, 5) is 75.3. The lowest BCUT2D eigenvalue weighted by atomic mass is 10.0. The van der Waals surface area contributed by atoms with E-state index in [1.807, 2.05) is 20.1 Å². The Morgan fingerprint density at radius 2 is 1.40 bits per heavy atom. The van der Waals surface area contributed by atoms with Crippen molar-refractivity contribution in [3.63, 3.8) is 0 Å². The van der Waals surface area contributed by atoms with E-state index < -0.39 is 72.8 Å². The van der Waals surface area contributed by atoms with Crippen molar-refractivity contribution in [2.75, 3.05) is 31.6 Å². The molecule has 0 aliphatic carbocycles. The summed E-state index contributed by atoms with van der Waals surface area (Å²) in [6.07, 6.45) is 4.23. The number of thioether (sulfide) groups is 1. The molecule has 4 atom stereocenters. The Morgan fingerprint density at radius 3 is 1.96 bits per heavy atom. The van der Waals surface area contributed by atoms with Crippen LogP contribution in [0, 0.1) is 5.92 Å². The average Bonchev–Trinajstić information content (AvgIpc) is 3.00. The second kappa shape index (κ2) is 21.9. The van der Waals surface area contributed by atoms with E-state index >= 15 is 0 Å². The zero-order chi connectivity index (χ0) is 33.8. The first-order valence-corrected chi connectivity index (χ1v) is 16.4. The highest BCUT2D eigenvalue weighted by Crippen LogP contribution is 2.08. The van der Waals surface area contributed by atoms with Gasteiger partial charge in [-0.2, -0.15) is 11.8 Å². The van der Waals surface area contributed by atoms with Crippen molar-refractivity contribution in [1.29, 1.82) is 0 Å². The third-order valence-corrected chi connectivity index (χ3v) is 7.31. The summed E-state index contributed by atoms with van der Waals surface area (Å²) in [6.45, 7) is 3.27. The van der Waals surface area contributed by atoms with E-state index in [-0.39, 0.29) is 25.2 Å². The van der Waals surface area contributed by atoms with E-state index in [4.69, 9.17) is 11.5 Å². The van der Waals surface area contributed by atoms with Gasteiger partial charge in [-0.3, -0.25) is 24.0 Å². The largest absolute Gasteiger partial charge is 0.480 e. The van der Waals surface area contributed by atoms with E-state index in [1.54, 1.807) is 30.3 Å². The van der Waals surface area contributed by atoms with Gasteiger partial charge in [0, 0.05) is 6.42 Å². The van der Waals surface area contributed by atoms with Crippen LogP contribution in [0.25, 0.3) is 0 Å². The lowest BCUT2D eigenvalue weighted by Gasteiger charge is -2.23. The summed E-state index contributed by atoms with van der Waals surface area (Å²) in [7, 11) is 0. The van der Waals surface area contributed by atoms with E-state index in [1.165, 1.54) is 11.8 Å². The molecule has 0 unspecified atom stereocenters. The molecule has 0 heterocycles. The SMILES string of the molecule is CSCC[C@H](NC(=O)CNC(=O)[C@H](Cc1ccccc1)NC(=O)CNC(=O)[C@@H](N)CCCCN)C(=O)N[C@@H](CC(C)C)C(=O)O. The molecule has 0 saturated carbocycles. The molecule has 1 aromatic rings. The molecule has 1 aromatic carbocycles. The number of amides is 5. The van der Waals surface area contributed by atoms with Crippen LogP contribution in [0.1, 0.15) is 51.5 Å². The van der Waals surface area contributed by atoms with Gasteiger partial charge in [0.2, 0.25) is 29.5 Å². The molecule has 252 valence electrons. The number of carbonyl (C=O) groups excluding carboxylic acids is 5. The minimum absolute atomic E-state index is 0.0190. The van der Waals surface area contributed by atoms with Crippen molar-refractivity contribution in [1.82, 2.24) is 26.6 Å². The number of carboxylic acids is 1. The summed E-state index contributed by atoms with van der Waals surface area (Å²) in [5.74, 6) is -3.70. The average molecular weight is 652 g/mol. The molecule has 0 aliphatic heterocycles. The van der Waals surface area contributed by atoms with Gasteiger partial charge in [-0.25, -0.2) is 4.79 Å². The lowest BCUT2D eigenvalue weighted by molar-refractivity contribution is -0.142. The van der Waals surface area contributed by atoms with Crippen LogP contribution in [-0.4, -0.2) is 96.4 Å². The van der Waals surface area contributed by atoms with Gasteiger partial charge in [-0.15, -0.1) is 0 Å². The van der Waals surface area contributed by atoms with E-state index in [0.717, 1.165) is 12.0 Å². The number of nitrogens with one attached hydrogen (secondary N) is 5. The molecule has 0 aliphatic rings. The highest BCUT2D eigenvalue weighted by atomic mass is 32.2. The highest BCUT2D eigenvalue weighted by Gasteiger charge is 2.28. The predicted molar refractivity (Wildman–Crippen MR) is 173 cm³/mol. The van der Waals surface area contributed by atoms with Crippen LogP contribution in [0.2, 0.25) is 0 Å². The number of unbranched alkanes of at least 4 members (excludes halogenated alkanes) is 1. The fourth-order valence-corrected chi connectivity index (χ4v) is 4.72. The maximum Gasteiger partial charge on any atom is 0.326 e. The van der Waals surface area contributed by atoms with Crippen molar-refractivity contribution < 1.29 is 33.9 Å². The fourth-order valence-electron chi connectivity index (χ4n) is 4.25. The monoisotopic (exact) mass is 651 g/mol. The Balaban J connectivity index is 2.83. The third-order valence-electron chi connectivity index (χ3n) is 6.67. The number of benzene rings is 1. The van der Waals surface area contributed by atoms with Crippen molar-refractivity contribution in [3.05, 3.63) is 35.9 Å². The summed E-state index contributed by atoms with van der Waals surface area (Å²) >= 11 is 1.46. The molecule has 0 spiro atoms. The number of nitrogens with two attached hydrogens (primary N) is 2. The van der Waals surface area contributed by atoms with Crippen molar-refractivity contribution in [2.45, 2.75) is 76.5 Å². The van der Waals surface area contributed by atoms with Crippen LogP contribution in [0.15, 0.2) is 30.3 Å². The molecule has 0 saturated heterocycles. The Labute approximate surface area is 269 Å². The molecule has 5 amide bonds. The van der Waals surface area contributed by atoms with Crippen molar-refractivity contribution in [3.8, 4) is 0 Å². The van der Waals surface area contributed by atoms with Crippen LogP contribution in [0.3, 0.4) is 0 Å². The number of carboxylic acid groups (broad SMARTS) is 1. The first-order chi connectivity index (χ1) is 21.4. The topological polar surface area (TPSA) is 235 Å². The van der Waals surface area contributed by atoms with E-state index in [2.05, 4.69) is 26.6 Å². The standard InChI is InChI=1S/C30H49N7O7S/c1-19(2)15-24(30(43)44)37-29(42)22(12-14-45-3)35-25(38)18-34-28(41)23(16-20-9-5-4-6-10-20)36-26(39)17-33-27(40)21(32)11-7-8-13-31/h4-6,9-10,19,21-24H,7-8,11-18,31-32H2,1-3H3,(H,33,40)(H,34,41)(H,35,38)(H,36,39)(H,37,42)(H,43,44)/t21-,22-,23-,24-/m0/s1. The first kappa shape index (κ1) is 39.3. The summed E-state index contributed by atoms with van der Waals surface area (Å²) in [5, 5.41) is 22.1. The van der Waals surface area contributed by atoms with Crippen LogP contribution in [0.4, 0.5) is 0 Å². The molecule has 15 heteroatoms. The van der Waals surface area contributed by atoms with Crippen molar-refractivity contribution >= 4 is 47.3 Å². The Bertz CT molecular complexity index is 1110. The smallest absolute Gasteiger partial charge is 0.326 e. The van der Waals surface area contributed by atoms with Crippen LogP contribution < -0.4 is 38.1 Å². The van der Waals surface area contributed by atoms with Gasteiger partial charge >= 0.3 is 5.97 Å². The van der Waals surface area contributed by atoms with Crippen LogP contribution >= 0.6 is 11.8 Å². The first-order valence-electron chi connectivity index (χ1n) is 15.0. The maximum absolute atomic E-state index is 13.1. The molecule has 10 N–H and O–H groups in total. The van der Waals surface area contributed by atoms with Crippen molar-refractivity contribution in [2.24, 2.45) is 17.4 Å². The van der Waals surface area contributed by atoms with Crippen LogP contribution in [0.5, 0.6) is 0 Å². The summed E-state index contributed by atoms with van der Waals surface area (Å²) < 4.78 is 0. The van der Waals surface area contributed by atoms with Gasteiger partial charge in [0.15, 0.2) is 0 Å². The molecule has 0 bridgehead atoms. The second-order valence-electron chi connectivity index (χ2n) is 11.1. The zero-order valence-corrected chi connectivity index (χ0v) is 27.1. The highest BCUT2D eigenvalue weighted by molar-refractivity contribution is 7.98. The minimum Gasteiger partial charge on any atom is -0.480 e. The molecule has 1 rings (SSSR count). The zero-order valence-electron chi connectivity index (χ0n) is 26.3. The van der Waals surface area contributed by atoms with Crippen LogP contribution in [-0.2, 0) is 35.2 Å². The van der Waals surface area contributed by atoms with Gasteiger partial charge in [0.1, 0.15) is 18.1 Å². The molecule has 0 fully saturated rings. The van der Waals surface area contributed by atoms with Gasteiger partial charge < -0.3 is 43.2 Å². The van der Waals surface area contributed by atoms with Gasteiger partial charge in [0.25, 0.3) is 0 Å². The number of rotatable bonds is 22. The normalized spacial score (nSPS) is 13.6. The Morgan fingerprint density at radius 1 is 0.800 bits per heavy atom. The molecular formula is C30H49N7O7S. The Kier molecular flexibility index (Phi) is 19.2. The third kappa shape index (κ3) is 16.8. The summed E-state index contributed by atoms with van der Waals surface area (Å²) in [5.41, 5.74) is 12.1. The molecular weight excluding hydrogens is 602 g/mol.